The van der Waals surface area contributed by atoms with Crippen molar-refractivity contribution in [3.8, 4) is 0 Å². The van der Waals surface area contributed by atoms with Gasteiger partial charge in [-0.15, -0.1) is 0 Å². The van der Waals surface area contributed by atoms with Crippen LogP contribution in [0.25, 0.3) is 0 Å². The van der Waals surface area contributed by atoms with Crippen LogP contribution in [0.4, 0.5) is 27.6 Å². The number of alkyl halides is 4. The Morgan fingerprint density at radius 2 is 1.90 bits per heavy atom. The first kappa shape index (κ1) is 22.9. The van der Waals surface area contributed by atoms with E-state index < -0.39 is 47.9 Å². The molecule has 3 rings (SSSR count). The number of nitrogens with two attached hydrogens (primary N) is 2. The lowest BCUT2D eigenvalue weighted by molar-refractivity contribution is -0.0149. The maximum atomic E-state index is 14.2. The van der Waals surface area contributed by atoms with Crippen LogP contribution in [-0.4, -0.2) is 46.5 Å². The molecule has 13 heteroatoms. The number of amidine groups is 1. The second kappa shape index (κ2) is 9.43. The van der Waals surface area contributed by atoms with E-state index in [1.54, 1.807) is 0 Å². The van der Waals surface area contributed by atoms with E-state index in [1.807, 2.05) is 0 Å². The van der Waals surface area contributed by atoms with Crippen molar-refractivity contribution < 1.29 is 36.6 Å². The fourth-order valence-corrected chi connectivity index (χ4v) is 2.55. The summed E-state index contributed by atoms with van der Waals surface area (Å²) in [7, 11) is 0. The fraction of sp³-hybridized carbons (Fsp3) is 0.294. The number of carbonyl (C=O) groups is 1. The first-order valence-corrected chi connectivity index (χ1v) is 8.15. The van der Waals surface area contributed by atoms with Gasteiger partial charge in [-0.2, -0.15) is 0 Å². The summed E-state index contributed by atoms with van der Waals surface area (Å²) in [5, 5.41) is 8.28. The molecular weight excluding hydrogens is 417 g/mol. The molecule has 1 aromatic carbocycles. The van der Waals surface area contributed by atoms with Crippen molar-refractivity contribution in [2.45, 2.75) is 18.4 Å². The molecule has 1 atom stereocenters. The number of rotatable bonds is 4. The molecular formula is C17H16F5N5O3. The van der Waals surface area contributed by atoms with Crippen LogP contribution < -0.4 is 11.5 Å². The Hall–Kier alpha value is -3.35. The molecule has 0 amide bonds. The third-order valence-corrected chi connectivity index (χ3v) is 3.88. The monoisotopic (exact) mass is 433 g/mol. The van der Waals surface area contributed by atoms with Crippen molar-refractivity contribution in [1.29, 1.82) is 0 Å². The molecule has 0 saturated heterocycles. The number of anilines is 1. The summed E-state index contributed by atoms with van der Waals surface area (Å²) in [4.78, 5) is 20.7. The molecule has 2 heterocycles. The van der Waals surface area contributed by atoms with E-state index >= 15 is 0 Å². The average molecular weight is 433 g/mol. The predicted molar refractivity (Wildman–Crippen MR) is 94.9 cm³/mol. The molecule has 0 saturated carbocycles. The maximum absolute atomic E-state index is 14.2. The van der Waals surface area contributed by atoms with Gasteiger partial charge in [0.2, 0.25) is 0 Å². The van der Waals surface area contributed by atoms with Gasteiger partial charge in [-0.05, 0) is 12.1 Å². The van der Waals surface area contributed by atoms with Crippen molar-refractivity contribution in [1.82, 2.24) is 9.97 Å². The molecule has 0 unspecified atom stereocenters. The van der Waals surface area contributed by atoms with Crippen LogP contribution in [0.1, 0.15) is 28.0 Å². The van der Waals surface area contributed by atoms with Gasteiger partial charge in [0.05, 0.1) is 18.4 Å². The SMILES string of the molecule is NC1=N[C@@](c2cc(N)cc(C(F)F)c2F)(C(F)F)COC1.O=C(O)c1cnccn1. The Kier molecular flexibility index (Phi) is 7.21. The van der Waals surface area contributed by atoms with Crippen LogP contribution in [0.2, 0.25) is 0 Å². The van der Waals surface area contributed by atoms with Crippen LogP contribution in [0.15, 0.2) is 35.7 Å². The van der Waals surface area contributed by atoms with E-state index in [2.05, 4.69) is 15.0 Å². The zero-order chi connectivity index (χ0) is 22.5. The second-order valence-corrected chi connectivity index (χ2v) is 5.99. The largest absolute Gasteiger partial charge is 0.476 e. The van der Waals surface area contributed by atoms with Gasteiger partial charge in [-0.3, -0.25) is 9.98 Å². The minimum Gasteiger partial charge on any atom is -0.476 e. The summed E-state index contributed by atoms with van der Waals surface area (Å²) in [6.45, 7) is -0.880. The quantitative estimate of drug-likeness (QED) is 0.497. The van der Waals surface area contributed by atoms with Gasteiger partial charge in [0.15, 0.2) is 11.2 Å². The van der Waals surface area contributed by atoms with Crippen molar-refractivity contribution in [2.24, 2.45) is 10.7 Å². The summed E-state index contributed by atoms with van der Waals surface area (Å²) in [5.74, 6) is -2.81. The van der Waals surface area contributed by atoms with Gasteiger partial charge in [0.25, 0.3) is 12.9 Å². The standard InChI is InChI=1S/C12H12F5N3O.C5H4N2O2/c13-9-6(10(14)15)1-5(18)2-7(9)12(11(16)17)4-21-3-8(19)20-12;8-5(9)4-3-6-1-2-7-4/h1-2,10-11H,3-4,18H2,(H2,19,20);1-3H,(H,8,9)/t12-;/m0./s1. The number of halogens is 5. The highest BCUT2D eigenvalue weighted by Crippen LogP contribution is 2.40. The van der Waals surface area contributed by atoms with E-state index in [0.717, 1.165) is 6.07 Å². The lowest BCUT2D eigenvalue weighted by Crippen LogP contribution is -2.45. The number of nitrogens with zero attached hydrogens (tertiary/aromatic N) is 3. The Balaban J connectivity index is 0.000000297. The van der Waals surface area contributed by atoms with Crippen molar-refractivity contribution >= 4 is 17.5 Å². The minimum absolute atomic E-state index is 0.0301. The van der Waals surface area contributed by atoms with E-state index in [0.29, 0.717) is 6.07 Å². The van der Waals surface area contributed by atoms with Crippen molar-refractivity contribution in [3.63, 3.8) is 0 Å². The van der Waals surface area contributed by atoms with Gasteiger partial charge in [0.1, 0.15) is 18.3 Å². The molecule has 8 nitrogen and oxygen atoms in total. The number of hydrogen-bond acceptors (Lipinski definition) is 7. The Bertz CT molecular complexity index is 930. The molecule has 1 aromatic heterocycles. The number of benzene rings is 1. The van der Waals surface area contributed by atoms with Crippen LogP contribution >= 0.6 is 0 Å². The number of ether oxygens (including phenoxy) is 1. The predicted octanol–water partition coefficient (Wildman–Crippen LogP) is 2.37. The van der Waals surface area contributed by atoms with Crippen LogP contribution in [0, 0.1) is 5.82 Å². The van der Waals surface area contributed by atoms with Crippen molar-refractivity contribution in [3.05, 3.63) is 53.4 Å². The average Bonchev–Trinajstić information content (AvgIpc) is 2.70. The molecule has 0 aliphatic carbocycles. The number of carboxylic acids is 1. The zero-order valence-electron chi connectivity index (χ0n) is 15.1. The summed E-state index contributed by atoms with van der Waals surface area (Å²) in [6.07, 6.45) is -2.45. The van der Waals surface area contributed by atoms with Gasteiger partial charge < -0.3 is 21.3 Å². The van der Waals surface area contributed by atoms with Crippen LogP contribution in [-0.2, 0) is 10.3 Å². The van der Waals surface area contributed by atoms with Gasteiger partial charge in [-0.25, -0.2) is 31.7 Å². The minimum atomic E-state index is -3.21. The van der Waals surface area contributed by atoms with E-state index in [1.165, 1.54) is 18.6 Å². The van der Waals surface area contributed by atoms with Gasteiger partial charge in [0, 0.05) is 23.6 Å². The number of hydrogen-bond donors (Lipinski definition) is 3. The third-order valence-electron chi connectivity index (χ3n) is 3.88. The fourth-order valence-electron chi connectivity index (χ4n) is 2.55. The van der Waals surface area contributed by atoms with Crippen LogP contribution in [0.5, 0.6) is 0 Å². The number of aromatic nitrogens is 2. The molecule has 5 N–H and O–H groups in total. The molecule has 0 spiro atoms. The number of aliphatic imine (C=N–C) groups is 1. The third kappa shape index (κ3) is 4.97. The summed E-state index contributed by atoms with van der Waals surface area (Å²) >= 11 is 0. The number of aromatic carboxylic acids is 1. The Morgan fingerprint density at radius 3 is 2.37 bits per heavy atom. The molecule has 1 aliphatic rings. The Labute approximate surface area is 166 Å². The topological polar surface area (TPSA) is 137 Å². The van der Waals surface area contributed by atoms with E-state index in [4.69, 9.17) is 21.3 Å². The lowest BCUT2D eigenvalue weighted by atomic mass is 9.88. The maximum Gasteiger partial charge on any atom is 0.356 e. The first-order valence-electron chi connectivity index (χ1n) is 8.15. The summed E-state index contributed by atoms with van der Waals surface area (Å²) in [5.41, 5.74) is 6.16. The molecule has 2 aromatic rings. The molecule has 1 aliphatic heterocycles. The second-order valence-electron chi connectivity index (χ2n) is 5.99. The molecule has 0 bridgehead atoms. The highest BCUT2D eigenvalue weighted by Gasteiger charge is 2.47. The molecule has 30 heavy (non-hydrogen) atoms. The van der Waals surface area contributed by atoms with Crippen LogP contribution in [0.3, 0.4) is 0 Å². The molecule has 0 radical (unpaired) electrons. The lowest BCUT2D eigenvalue weighted by Gasteiger charge is -2.33. The molecule has 162 valence electrons. The number of carboxylic acid groups (broad SMARTS) is 1. The van der Waals surface area contributed by atoms with Crippen molar-refractivity contribution in [2.75, 3.05) is 18.9 Å². The Morgan fingerprint density at radius 1 is 1.20 bits per heavy atom. The summed E-state index contributed by atoms with van der Waals surface area (Å²) < 4.78 is 71.5. The highest BCUT2D eigenvalue weighted by atomic mass is 19.3. The van der Waals surface area contributed by atoms with Gasteiger partial charge in [-0.1, -0.05) is 0 Å². The van der Waals surface area contributed by atoms with E-state index in [9.17, 15) is 26.7 Å². The number of nitrogen functional groups attached to an aromatic ring is 1. The molecule has 0 fully saturated rings. The zero-order valence-corrected chi connectivity index (χ0v) is 15.1. The first-order chi connectivity index (χ1) is 14.1. The highest BCUT2D eigenvalue weighted by molar-refractivity contribution is 5.84. The van der Waals surface area contributed by atoms with E-state index in [-0.39, 0.29) is 23.8 Å². The van der Waals surface area contributed by atoms with Gasteiger partial charge >= 0.3 is 5.97 Å². The normalized spacial score (nSPS) is 18.6. The summed E-state index contributed by atoms with van der Waals surface area (Å²) in [6, 6.07) is 1.54. The smallest absolute Gasteiger partial charge is 0.356 e.